The molecule has 0 spiro atoms. The van der Waals surface area contributed by atoms with Crippen molar-refractivity contribution < 1.29 is 19.9 Å². The zero-order valence-corrected chi connectivity index (χ0v) is 10.5. The van der Waals surface area contributed by atoms with Crippen molar-refractivity contribution in [3.05, 3.63) is 10.1 Å². The van der Waals surface area contributed by atoms with Crippen LogP contribution in [0.15, 0.2) is 4.99 Å². The summed E-state index contributed by atoms with van der Waals surface area (Å²) < 4.78 is 0. The number of aliphatic hydroxyl groups is 2. The molecule has 102 valence electrons. The van der Waals surface area contributed by atoms with Gasteiger partial charge in [-0.05, 0) is 11.8 Å². The molecule has 7 nitrogen and oxygen atoms in total. The fraction of sp³-hybridized carbons (Fsp3) is 0.818. The molecule has 0 saturated heterocycles. The van der Waals surface area contributed by atoms with E-state index in [0.29, 0.717) is 6.42 Å². The first-order chi connectivity index (χ1) is 8.26. The van der Waals surface area contributed by atoms with Crippen LogP contribution in [0.25, 0.3) is 0 Å². The molecule has 0 aliphatic heterocycles. The van der Waals surface area contributed by atoms with Crippen LogP contribution in [0.3, 0.4) is 0 Å². The van der Waals surface area contributed by atoms with Crippen LogP contribution in [-0.2, 0) is 4.79 Å². The van der Waals surface area contributed by atoms with E-state index in [4.69, 9.17) is 5.11 Å². The molecule has 7 heteroatoms. The Hall–Kier alpha value is -1.34. The Morgan fingerprint density at radius 3 is 2.67 bits per heavy atom. The summed E-state index contributed by atoms with van der Waals surface area (Å²) in [5.74, 6) is -0.450. The molecule has 0 amide bonds. The second kappa shape index (κ2) is 5.53. The standard InChI is InChI=1S/C11H18N2O5/c1-11(2)3-8(12-5-7(15)6-14)10(13(17)18)9(16)4-11/h7,10,14-15H,3-6H2,1-2H3. The Labute approximate surface area is 105 Å². The van der Waals surface area contributed by atoms with Crippen molar-refractivity contribution in [3.8, 4) is 0 Å². The highest BCUT2D eigenvalue weighted by molar-refractivity contribution is 6.10. The average Bonchev–Trinajstić information content (AvgIpc) is 2.22. The van der Waals surface area contributed by atoms with Gasteiger partial charge in [0.25, 0.3) is 0 Å². The van der Waals surface area contributed by atoms with Crippen molar-refractivity contribution in [1.29, 1.82) is 0 Å². The van der Waals surface area contributed by atoms with Crippen LogP contribution in [-0.4, -0.2) is 51.9 Å². The number of rotatable bonds is 4. The van der Waals surface area contributed by atoms with Gasteiger partial charge in [-0.2, -0.15) is 0 Å². The molecular formula is C11H18N2O5. The molecule has 1 aliphatic rings. The minimum absolute atomic E-state index is 0.125. The predicted octanol–water partition coefficient (Wildman–Crippen LogP) is -0.185. The molecule has 18 heavy (non-hydrogen) atoms. The molecule has 1 saturated carbocycles. The summed E-state index contributed by atoms with van der Waals surface area (Å²) in [6.07, 6.45) is -0.548. The van der Waals surface area contributed by atoms with Gasteiger partial charge in [0, 0.05) is 11.3 Å². The molecule has 0 aromatic rings. The van der Waals surface area contributed by atoms with Gasteiger partial charge in [-0.15, -0.1) is 0 Å². The SMILES string of the molecule is CC1(C)CC(=O)C([N+](=O)[O-])C(=NCC(O)CO)C1. The van der Waals surface area contributed by atoms with E-state index in [0.717, 1.165) is 0 Å². The van der Waals surface area contributed by atoms with Gasteiger partial charge in [0.2, 0.25) is 5.78 Å². The normalized spacial score (nSPS) is 27.2. The zero-order valence-electron chi connectivity index (χ0n) is 10.5. The molecule has 1 fully saturated rings. The van der Waals surface area contributed by atoms with Gasteiger partial charge in [0.15, 0.2) is 0 Å². The summed E-state index contributed by atoms with van der Waals surface area (Å²) in [4.78, 5) is 25.9. The lowest BCUT2D eigenvalue weighted by Crippen LogP contribution is -2.46. The molecule has 0 heterocycles. The quantitative estimate of drug-likeness (QED) is 0.536. The molecule has 1 aliphatic carbocycles. The van der Waals surface area contributed by atoms with Crippen molar-refractivity contribution in [3.63, 3.8) is 0 Å². The van der Waals surface area contributed by atoms with E-state index in [1.54, 1.807) is 0 Å². The van der Waals surface area contributed by atoms with E-state index < -0.39 is 29.5 Å². The summed E-state index contributed by atoms with van der Waals surface area (Å²) in [7, 11) is 0. The van der Waals surface area contributed by atoms with Crippen LogP contribution in [0, 0.1) is 15.5 Å². The van der Waals surface area contributed by atoms with Crippen LogP contribution in [0.2, 0.25) is 0 Å². The fourth-order valence-corrected chi connectivity index (χ4v) is 2.07. The fourth-order valence-electron chi connectivity index (χ4n) is 2.07. The van der Waals surface area contributed by atoms with Gasteiger partial charge in [-0.3, -0.25) is 19.9 Å². The number of carbonyl (C=O) groups is 1. The van der Waals surface area contributed by atoms with Crippen molar-refractivity contribution >= 4 is 11.5 Å². The van der Waals surface area contributed by atoms with E-state index in [9.17, 15) is 20.0 Å². The van der Waals surface area contributed by atoms with E-state index in [-0.39, 0.29) is 24.1 Å². The van der Waals surface area contributed by atoms with Crippen LogP contribution in [0.1, 0.15) is 26.7 Å². The van der Waals surface area contributed by atoms with E-state index in [1.807, 2.05) is 13.8 Å². The molecule has 2 atom stereocenters. The minimum Gasteiger partial charge on any atom is -0.394 e. The molecule has 2 unspecified atom stereocenters. The number of hydrogen-bond donors (Lipinski definition) is 2. The number of aliphatic hydroxyl groups excluding tert-OH is 2. The van der Waals surface area contributed by atoms with Crippen LogP contribution in [0.5, 0.6) is 0 Å². The Morgan fingerprint density at radius 2 is 2.17 bits per heavy atom. The van der Waals surface area contributed by atoms with Gasteiger partial charge < -0.3 is 10.2 Å². The summed E-state index contributed by atoms with van der Waals surface area (Å²) in [6.45, 7) is 3.11. The summed E-state index contributed by atoms with van der Waals surface area (Å²) in [5.41, 5.74) is -0.166. The first-order valence-electron chi connectivity index (χ1n) is 5.75. The first kappa shape index (κ1) is 14.7. The number of nitro groups is 1. The lowest BCUT2D eigenvalue weighted by Gasteiger charge is -2.30. The van der Waals surface area contributed by atoms with Crippen molar-refractivity contribution in [2.45, 2.75) is 38.8 Å². The Balaban J connectivity index is 2.94. The lowest BCUT2D eigenvalue weighted by molar-refractivity contribution is -0.490. The van der Waals surface area contributed by atoms with E-state index in [1.165, 1.54) is 0 Å². The minimum atomic E-state index is -1.40. The number of nitrogens with zero attached hydrogens (tertiary/aromatic N) is 2. The van der Waals surface area contributed by atoms with Crippen LogP contribution >= 0.6 is 0 Å². The molecule has 1 rings (SSSR count). The predicted molar refractivity (Wildman–Crippen MR) is 64.2 cm³/mol. The number of carbonyl (C=O) groups excluding carboxylic acids is 1. The monoisotopic (exact) mass is 258 g/mol. The molecule has 0 radical (unpaired) electrons. The van der Waals surface area contributed by atoms with Crippen LogP contribution in [0.4, 0.5) is 0 Å². The van der Waals surface area contributed by atoms with Crippen molar-refractivity contribution in [1.82, 2.24) is 0 Å². The van der Waals surface area contributed by atoms with Crippen molar-refractivity contribution in [2.24, 2.45) is 10.4 Å². The van der Waals surface area contributed by atoms with Crippen molar-refractivity contribution in [2.75, 3.05) is 13.2 Å². The summed E-state index contributed by atoms with van der Waals surface area (Å²) >= 11 is 0. The Bertz CT molecular complexity index is 378. The smallest absolute Gasteiger partial charge is 0.307 e. The van der Waals surface area contributed by atoms with E-state index in [2.05, 4.69) is 4.99 Å². The molecule has 0 aromatic carbocycles. The number of ketones is 1. The second-order valence-electron chi connectivity index (χ2n) is 5.34. The highest BCUT2D eigenvalue weighted by Crippen LogP contribution is 2.32. The number of Topliss-reactive ketones (excluding diaryl/α,β-unsaturated/α-hetero) is 1. The summed E-state index contributed by atoms with van der Waals surface area (Å²) in [5, 5.41) is 28.8. The third-order valence-electron chi connectivity index (χ3n) is 2.86. The van der Waals surface area contributed by atoms with E-state index >= 15 is 0 Å². The maximum Gasteiger partial charge on any atom is 0.307 e. The highest BCUT2D eigenvalue weighted by atomic mass is 16.6. The maximum absolute atomic E-state index is 11.7. The van der Waals surface area contributed by atoms with Gasteiger partial charge in [-0.1, -0.05) is 13.8 Å². The molecule has 2 N–H and O–H groups in total. The third-order valence-corrected chi connectivity index (χ3v) is 2.86. The largest absolute Gasteiger partial charge is 0.394 e. The van der Waals surface area contributed by atoms with Gasteiger partial charge in [0.05, 0.1) is 25.0 Å². The number of aliphatic imine (C=N–C) groups is 1. The third kappa shape index (κ3) is 3.58. The zero-order chi connectivity index (χ0) is 13.9. The number of hydrogen-bond acceptors (Lipinski definition) is 6. The topological polar surface area (TPSA) is 113 Å². The lowest BCUT2D eigenvalue weighted by atomic mass is 9.74. The molecule has 0 aromatic heterocycles. The molecular weight excluding hydrogens is 240 g/mol. The van der Waals surface area contributed by atoms with Crippen LogP contribution < -0.4 is 0 Å². The first-order valence-corrected chi connectivity index (χ1v) is 5.75. The highest BCUT2D eigenvalue weighted by Gasteiger charge is 2.45. The Kier molecular flexibility index (Phi) is 4.53. The average molecular weight is 258 g/mol. The van der Waals surface area contributed by atoms with Gasteiger partial charge in [0.1, 0.15) is 0 Å². The maximum atomic E-state index is 11.7. The second-order valence-corrected chi connectivity index (χ2v) is 5.34. The summed E-state index contributed by atoms with van der Waals surface area (Å²) in [6, 6.07) is -1.40. The van der Waals surface area contributed by atoms with Gasteiger partial charge >= 0.3 is 6.04 Å². The molecule has 0 bridgehead atoms. The Morgan fingerprint density at radius 1 is 1.56 bits per heavy atom. The van der Waals surface area contributed by atoms with Gasteiger partial charge in [-0.25, -0.2) is 0 Å².